The van der Waals surface area contributed by atoms with E-state index in [1.54, 1.807) is 12.3 Å². The lowest BCUT2D eigenvalue weighted by Crippen LogP contribution is -2.08. The second-order valence-electron chi connectivity index (χ2n) is 2.55. The molecule has 7 heteroatoms. The molecule has 15 heavy (non-hydrogen) atoms. The number of hydrogen-bond donors (Lipinski definition) is 2. The Morgan fingerprint density at radius 3 is 2.73 bits per heavy atom. The summed E-state index contributed by atoms with van der Waals surface area (Å²) in [6, 6.07) is 4.49. The van der Waals surface area contributed by atoms with Crippen molar-refractivity contribution in [1.29, 1.82) is 0 Å². The van der Waals surface area contributed by atoms with Gasteiger partial charge in [-0.1, -0.05) is 0 Å². The summed E-state index contributed by atoms with van der Waals surface area (Å²) >= 11 is -1.14. The molecule has 0 saturated carbocycles. The van der Waals surface area contributed by atoms with Crippen molar-refractivity contribution in [3.05, 3.63) is 23.8 Å². The number of anilines is 1. The number of thioether (sulfide) groups is 1. The largest absolute Gasteiger partial charge is 0.755 e. The summed E-state index contributed by atoms with van der Waals surface area (Å²) < 4.78 is 22.8. The van der Waals surface area contributed by atoms with Crippen LogP contribution in [-0.2, 0) is 11.3 Å². The molecule has 0 aromatic heterocycles. The van der Waals surface area contributed by atoms with E-state index < -0.39 is 17.2 Å². The Balaban J connectivity index is 3.15. The maximum absolute atomic E-state index is 10.8. The van der Waals surface area contributed by atoms with Crippen molar-refractivity contribution in [1.82, 2.24) is 0 Å². The highest BCUT2D eigenvalue weighted by molar-refractivity contribution is 7.98. The molecule has 0 aliphatic heterocycles. The minimum atomic E-state index is -2.52. The average molecular weight is 246 g/mol. The molecule has 0 amide bonds. The predicted molar refractivity (Wildman–Crippen MR) is 57.7 cm³/mol. The number of rotatable bonds is 4. The topological polar surface area (TPSA) is 89.5 Å². The number of carboxylic acid groups (broad SMARTS) is 1. The maximum atomic E-state index is 10.8. The van der Waals surface area contributed by atoms with Gasteiger partial charge in [-0.05, 0) is 24.5 Å². The Labute approximate surface area is 93.3 Å². The molecule has 5 nitrogen and oxygen atoms in total. The maximum Gasteiger partial charge on any atom is 0.337 e. The number of carboxylic acids is 1. The third-order valence-electron chi connectivity index (χ3n) is 1.65. The van der Waals surface area contributed by atoms with Crippen LogP contribution in [0.4, 0.5) is 5.69 Å². The van der Waals surface area contributed by atoms with Crippen molar-refractivity contribution in [2.75, 3.05) is 11.0 Å². The first-order valence-corrected chi connectivity index (χ1v) is 6.12. The summed E-state index contributed by atoms with van der Waals surface area (Å²) in [6.45, 7) is 0. The second-order valence-corrected chi connectivity index (χ2v) is 4.11. The van der Waals surface area contributed by atoms with Crippen LogP contribution in [0.5, 0.6) is 0 Å². The highest BCUT2D eigenvalue weighted by atomic mass is 32.2. The van der Waals surface area contributed by atoms with Crippen molar-refractivity contribution in [2.24, 2.45) is 0 Å². The first-order valence-electron chi connectivity index (χ1n) is 3.82. The van der Waals surface area contributed by atoms with E-state index >= 15 is 0 Å². The van der Waals surface area contributed by atoms with Crippen LogP contribution in [0.3, 0.4) is 0 Å². The zero-order valence-electron chi connectivity index (χ0n) is 7.72. The van der Waals surface area contributed by atoms with E-state index in [9.17, 15) is 13.6 Å². The third kappa shape index (κ3) is 3.22. The average Bonchev–Trinajstić information content (AvgIpc) is 2.17. The number of hydrogen-bond acceptors (Lipinski definition) is 4. The molecule has 0 spiro atoms. The molecule has 0 aliphatic rings. The van der Waals surface area contributed by atoms with Gasteiger partial charge in [0.15, 0.2) is 0 Å². The quantitative estimate of drug-likeness (QED) is 0.617. The van der Waals surface area contributed by atoms with E-state index in [2.05, 4.69) is 0 Å². The molecule has 1 atom stereocenters. The first kappa shape index (κ1) is 12.0. The van der Waals surface area contributed by atoms with Crippen LogP contribution < -0.4 is 4.72 Å². The monoisotopic (exact) mass is 246 g/mol. The fourth-order valence-corrected chi connectivity index (χ4v) is 1.80. The lowest BCUT2D eigenvalue weighted by Gasteiger charge is -2.11. The molecule has 0 heterocycles. The van der Waals surface area contributed by atoms with Gasteiger partial charge in [-0.25, -0.2) is 4.79 Å². The van der Waals surface area contributed by atoms with Gasteiger partial charge in [0.1, 0.15) is 0 Å². The van der Waals surface area contributed by atoms with Crippen LogP contribution >= 0.6 is 11.8 Å². The number of benzene rings is 1. The van der Waals surface area contributed by atoms with E-state index in [0.29, 0.717) is 0 Å². The molecule has 82 valence electrons. The smallest absolute Gasteiger partial charge is 0.337 e. The molecule has 1 unspecified atom stereocenters. The van der Waals surface area contributed by atoms with Gasteiger partial charge in [0.2, 0.25) is 0 Å². The number of aromatic carboxylic acids is 1. The van der Waals surface area contributed by atoms with Crippen molar-refractivity contribution in [3.8, 4) is 0 Å². The summed E-state index contributed by atoms with van der Waals surface area (Å²) in [5.41, 5.74) is -0.000293. The molecular weight excluding hydrogens is 238 g/mol. The molecule has 1 aromatic rings. The standard InChI is InChI=1S/C8H9NO4S2/c1-14-5-2-3-7(9-15(12)13)6(4-5)8(10)11/h2-4,9H,1H3,(H,10,11)(H,12,13)/p-1. The molecule has 0 radical (unpaired) electrons. The SMILES string of the molecule is CSc1ccc(NS(=O)[O-])c(C(=O)O)c1. The zero-order valence-corrected chi connectivity index (χ0v) is 9.35. The summed E-state index contributed by atoms with van der Waals surface area (Å²) in [6.07, 6.45) is 1.81. The van der Waals surface area contributed by atoms with Gasteiger partial charge < -0.3 is 14.4 Å². The minimum Gasteiger partial charge on any atom is -0.755 e. The van der Waals surface area contributed by atoms with Gasteiger partial charge in [-0.15, -0.1) is 11.8 Å². The van der Waals surface area contributed by atoms with Gasteiger partial charge in [-0.3, -0.25) is 4.21 Å². The van der Waals surface area contributed by atoms with Crippen LogP contribution in [0.2, 0.25) is 0 Å². The third-order valence-corrected chi connectivity index (χ3v) is 2.76. The van der Waals surface area contributed by atoms with Crippen molar-refractivity contribution >= 4 is 34.7 Å². The van der Waals surface area contributed by atoms with E-state index in [-0.39, 0.29) is 11.3 Å². The summed E-state index contributed by atoms with van der Waals surface area (Å²) in [5, 5.41) is 8.85. The second kappa shape index (κ2) is 5.15. The lowest BCUT2D eigenvalue weighted by atomic mass is 10.2. The Bertz CT molecular complexity index is 408. The van der Waals surface area contributed by atoms with Crippen molar-refractivity contribution in [2.45, 2.75) is 4.90 Å². The number of nitrogens with one attached hydrogen (secondary N) is 1. The van der Waals surface area contributed by atoms with Crippen LogP contribution in [0, 0.1) is 0 Å². The Hall–Kier alpha value is -1.05. The van der Waals surface area contributed by atoms with Gasteiger partial charge in [0.05, 0.1) is 11.3 Å². The van der Waals surface area contributed by atoms with E-state index in [0.717, 1.165) is 4.90 Å². The van der Waals surface area contributed by atoms with E-state index in [4.69, 9.17) is 5.11 Å². The molecule has 0 aliphatic carbocycles. The zero-order chi connectivity index (χ0) is 11.4. The highest BCUT2D eigenvalue weighted by Gasteiger charge is 2.10. The van der Waals surface area contributed by atoms with E-state index in [1.165, 1.54) is 23.9 Å². The van der Waals surface area contributed by atoms with Gasteiger partial charge in [0, 0.05) is 16.2 Å². The van der Waals surface area contributed by atoms with Crippen LogP contribution in [-0.4, -0.2) is 26.1 Å². The minimum absolute atomic E-state index is 0.0635. The van der Waals surface area contributed by atoms with Gasteiger partial charge >= 0.3 is 5.97 Å². The number of carbonyl (C=O) groups is 1. The fourth-order valence-electron chi connectivity index (χ4n) is 1.01. The van der Waals surface area contributed by atoms with Gasteiger partial charge in [-0.2, -0.15) is 0 Å². The molecule has 2 N–H and O–H groups in total. The summed E-state index contributed by atoms with van der Waals surface area (Å²) in [4.78, 5) is 11.6. The molecule has 0 bridgehead atoms. The molecule has 0 fully saturated rings. The summed E-state index contributed by atoms with van der Waals surface area (Å²) in [7, 11) is 0. The normalized spacial score (nSPS) is 12.1. The Kier molecular flexibility index (Phi) is 4.13. The van der Waals surface area contributed by atoms with Crippen LogP contribution in [0.15, 0.2) is 23.1 Å². The van der Waals surface area contributed by atoms with Crippen LogP contribution in [0.1, 0.15) is 10.4 Å². The Morgan fingerprint density at radius 2 is 2.27 bits per heavy atom. The van der Waals surface area contributed by atoms with Crippen LogP contribution in [0.25, 0.3) is 0 Å². The summed E-state index contributed by atoms with van der Waals surface area (Å²) in [5.74, 6) is -1.17. The first-order chi connectivity index (χ1) is 7.04. The van der Waals surface area contributed by atoms with Crippen molar-refractivity contribution < 1.29 is 18.7 Å². The molecular formula is C8H8NO4S2-. The van der Waals surface area contributed by atoms with Gasteiger partial charge in [0.25, 0.3) is 0 Å². The van der Waals surface area contributed by atoms with Crippen molar-refractivity contribution in [3.63, 3.8) is 0 Å². The molecule has 1 rings (SSSR count). The molecule has 0 saturated heterocycles. The molecule has 1 aromatic carbocycles. The fraction of sp³-hybridized carbons (Fsp3) is 0.125. The highest BCUT2D eigenvalue weighted by Crippen LogP contribution is 2.23. The predicted octanol–water partition coefficient (Wildman–Crippen LogP) is 1.31. The van der Waals surface area contributed by atoms with E-state index in [1.807, 2.05) is 4.72 Å². The lowest BCUT2D eigenvalue weighted by molar-refractivity contribution is 0.0698. The Morgan fingerprint density at radius 1 is 1.60 bits per heavy atom.